The molecule has 1 aliphatic rings. The van der Waals surface area contributed by atoms with E-state index in [4.69, 9.17) is 15.9 Å². The van der Waals surface area contributed by atoms with Gasteiger partial charge in [-0.05, 0) is 24.6 Å². The van der Waals surface area contributed by atoms with Crippen LogP contribution >= 0.6 is 0 Å². The first kappa shape index (κ1) is 14.2. The lowest BCUT2D eigenvalue weighted by Gasteiger charge is -2.27. The third kappa shape index (κ3) is 3.40. The summed E-state index contributed by atoms with van der Waals surface area (Å²) in [6.45, 7) is 1.79. The molecule has 1 N–H and O–H groups in total. The van der Waals surface area contributed by atoms with E-state index in [1.165, 1.54) is 0 Å². The fraction of sp³-hybridized carbons (Fsp3) is 0.312. The summed E-state index contributed by atoms with van der Waals surface area (Å²) < 4.78 is 10.2. The van der Waals surface area contributed by atoms with Crippen LogP contribution in [0.4, 0.5) is 4.79 Å². The first-order valence-corrected chi connectivity index (χ1v) is 6.38. The van der Waals surface area contributed by atoms with E-state index >= 15 is 0 Å². The first-order valence-electron chi connectivity index (χ1n) is 6.38. The molecule has 0 aromatic heterocycles. The SMILES string of the molecule is C#CC1=C(C)[C@@H](O)C[C@H](OC(=O)Oc2ccccc2)C1. The Morgan fingerprint density at radius 3 is 2.75 bits per heavy atom. The average Bonchev–Trinajstić information content (AvgIpc) is 2.43. The smallest absolute Gasteiger partial charge is 0.430 e. The Morgan fingerprint density at radius 1 is 1.40 bits per heavy atom. The van der Waals surface area contributed by atoms with Crippen LogP contribution < -0.4 is 4.74 Å². The standard InChI is InChI=1S/C16H16O4/c1-3-12-9-14(10-15(17)11(12)2)20-16(18)19-13-7-5-4-6-8-13/h1,4-8,14-15,17H,9-10H2,2H3/t14-,15+/m1/s1. The normalized spacial score (nSPS) is 22.1. The van der Waals surface area contributed by atoms with Crippen molar-refractivity contribution >= 4 is 6.16 Å². The van der Waals surface area contributed by atoms with Crippen LogP contribution in [0.5, 0.6) is 5.75 Å². The maximum absolute atomic E-state index is 11.7. The van der Waals surface area contributed by atoms with Crippen LogP contribution in [0, 0.1) is 12.3 Å². The number of para-hydroxylation sites is 1. The molecule has 4 nitrogen and oxygen atoms in total. The largest absolute Gasteiger partial charge is 0.514 e. The summed E-state index contributed by atoms with van der Waals surface area (Å²) >= 11 is 0. The zero-order chi connectivity index (χ0) is 14.5. The molecule has 0 fully saturated rings. The Hall–Kier alpha value is -2.25. The minimum Gasteiger partial charge on any atom is -0.430 e. The minimum atomic E-state index is -0.788. The number of terminal acetylenes is 1. The topological polar surface area (TPSA) is 55.8 Å². The van der Waals surface area contributed by atoms with Gasteiger partial charge in [0, 0.05) is 18.4 Å². The van der Waals surface area contributed by atoms with E-state index in [-0.39, 0.29) is 0 Å². The van der Waals surface area contributed by atoms with Crippen LogP contribution in [0.2, 0.25) is 0 Å². The molecule has 0 heterocycles. The zero-order valence-corrected chi connectivity index (χ0v) is 11.2. The van der Waals surface area contributed by atoms with Crippen LogP contribution in [-0.4, -0.2) is 23.5 Å². The van der Waals surface area contributed by atoms with Crippen LogP contribution in [0.3, 0.4) is 0 Å². The summed E-state index contributed by atoms with van der Waals surface area (Å²) in [5.74, 6) is 2.94. The highest BCUT2D eigenvalue weighted by Gasteiger charge is 2.28. The highest BCUT2D eigenvalue weighted by atomic mass is 16.7. The summed E-state index contributed by atoms with van der Waals surface area (Å²) in [7, 11) is 0. The Balaban J connectivity index is 1.95. The third-order valence-corrected chi connectivity index (χ3v) is 3.28. The average molecular weight is 272 g/mol. The van der Waals surface area contributed by atoms with E-state index in [0.29, 0.717) is 24.2 Å². The van der Waals surface area contributed by atoms with Crippen molar-refractivity contribution in [1.29, 1.82) is 0 Å². The summed E-state index contributed by atoms with van der Waals surface area (Å²) in [4.78, 5) is 11.7. The van der Waals surface area contributed by atoms with E-state index in [1.54, 1.807) is 31.2 Å². The maximum Gasteiger partial charge on any atom is 0.514 e. The molecule has 1 aromatic carbocycles. The molecule has 1 aliphatic carbocycles. The van der Waals surface area contributed by atoms with E-state index in [0.717, 1.165) is 5.57 Å². The van der Waals surface area contributed by atoms with Gasteiger partial charge in [0.25, 0.3) is 0 Å². The van der Waals surface area contributed by atoms with Crippen molar-refractivity contribution in [2.75, 3.05) is 0 Å². The van der Waals surface area contributed by atoms with Crippen molar-refractivity contribution in [1.82, 2.24) is 0 Å². The summed E-state index contributed by atoms with van der Waals surface area (Å²) in [5, 5.41) is 9.87. The molecule has 2 atom stereocenters. The molecular formula is C16H16O4. The number of aliphatic hydroxyl groups excluding tert-OH is 1. The number of ether oxygens (including phenoxy) is 2. The van der Waals surface area contributed by atoms with E-state index in [2.05, 4.69) is 5.92 Å². The second kappa shape index (κ2) is 6.27. The molecule has 0 bridgehead atoms. The van der Waals surface area contributed by atoms with Crippen molar-refractivity contribution in [3.63, 3.8) is 0 Å². The molecule has 0 aliphatic heterocycles. The molecule has 2 rings (SSSR count). The summed E-state index contributed by atoms with van der Waals surface area (Å²) in [6.07, 6.45) is 4.22. The van der Waals surface area contributed by atoms with Gasteiger partial charge < -0.3 is 14.6 Å². The van der Waals surface area contributed by atoms with Gasteiger partial charge in [0.15, 0.2) is 0 Å². The van der Waals surface area contributed by atoms with Gasteiger partial charge in [-0.25, -0.2) is 4.79 Å². The van der Waals surface area contributed by atoms with Crippen molar-refractivity contribution in [2.24, 2.45) is 0 Å². The third-order valence-electron chi connectivity index (χ3n) is 3.28. The van der Waals surface area contributed by atoms with Crippen molar-refractivity contribution in [2.45, 2.75) is 32.0 Å². The number of rotatable bonds is 2. The lowest BCUT2D eigenvalue weighted by atomic mass is 9.89. The second-order valence-electron chi connectivity index (χ2n) is 4.67. The lowest BCUT2D eigenvalue weighted by molar-refractivity contribution is 0.0309. The molecule has 0 amide bonds. The van der Waals surface area contributed by atoms with E-state index in [9.17, 15) is 9.90 Å². The highest BCUT2D eigenvalue weighted by Crippen LogP contribution is 2.27. The molecule has 4 heteroatoms. The number of carbonyl (C=O) groups excluding carboxylic acids is 1. The van der Waals surface area contributed by atoms with Crippen LogP contribution in [0.25, 0.3) is 0 Å². The number of hydrogen-bond donors (Lipinski definition) is 1. The number of benzene rings is 1. The molecule has 0 saturated carbocycles. The predicted molar refractivity (Wildman–Crippen MR) is 74.1 cm³/mol. The number of aliphatic hydroxyl groups is 1. The monoisotopic (exact) mass is 272 g/mol. The Morgan fingerprint density at radius 2 is 2.10 bits per heavy atom. The number of hydrogen-bond acceptors (Lipinski definition) is 4. The Labute approximate surface area is 118 Å². The minimum absolute atomic E-state index is 0.334. The van der Waals surface area contributed by atoms with Gasteiger partial charge >= 0.3 is 6.16 Å². The maximum atomic E-state index is 11.7. The quantitative estimate of drug-likeness (QED) is 0.511. The fourth-order valence-electron chi connectivity index (χ4n) is 2.11. The summed E-state index contributed by atoms with van der Waals surface area (Å²) in [5.41, 5.74) is 1.45. The highest BCUT2D eigenvalue weighted by molar-refractivity contribution is 5.64. The van der Waals surface area contributed by atoms with Crippen molar-refractivity contribution < 1.29 is 19.4 Å². The molecule has 0 unspecified atom stereocenters. The zero-order valence-electron chi connectivity index (χ0n) is 11.2. The Bertz CT molecular complexity index is 554. The van der Waals surface area contributed by atoms with Gasteiger partial charge in [-0.15, -0.1) is 6.42 Å². The van der Waals surface area contributed by atoms with Crippen LogP contribution in [-0.2, 0) is 4.74 Å². The van der Waals surface area contributed by atoms with Gasteiger partial charge in [0.1, 0.15) is 11.9 Å². The molecular weight excluding hydrogens is 256 g/mol. The second-order valence-corrected chi connectivity index (χ2v) is 4.67. The Kier molecular flexibility index (Phi) is 4.44. The molecule has 0 saturated heterocycles. The van der Waals surface area contributed by atoms with Gasteiger partial charge in [0.05, 0.1) is 6.10 Å². The van der Waals surface area contributed by atoms with Gasteiger partial charge in [-0.2, -0.15) is 0 Å². The molecule has 0 radical (unpaired) electrons. The number of carbonyl (C=O) groups is 1. The molecule has 0 spiro atoms. The van der Waals surface area contributed by atoms with Crippen LogP contribution in [0.15, 0.2) is 41.5 Å². The van der Waals surface area contributed by atoms with Gasteiger partial charge in [-0.3, -0.25) is 0 Å². The van der Waals surface area contributed by atoms with Gasteiger partial charge in [-0.1, -0.05) is 24.1 Å². The molecule has 20 heavy (non-hydrogen) atoms. The van der Waals surface area contributed by atoms with Gasteiger partial charge in [0.2, 0.25) is 0 Å². The van der Waals surface area contributed by atoms with Crippen molar-refractivity contribution in [3.8, 4) is 18.1 Å². The fourth-order valence-corrected chi connectivity index (χ4v) is 2.11. The first-order chi connectivity index (χ1) is 9.60. The molecule has 1 aromatic rings. The predicted octanol–water partition coefficient (Wildman–Crippen LogP) is 2.68. The van der Waals surface area contributed by atoms with Crippen LogP contribution in [0.1, 0.15) is 19.8 Å². The molecule has 104 valence electrons. The van der Waals surface area contributed by atoms with Crippen molar-refractivity contribution in [3.05, 3.63) is 41.5 Å². The van der Waals surface area contributed by atoms with E-state index in [1.807, 2.05) is 6.07 Å². The summed E-state index contributed by atoms with van der Waals surface area (Å²) in [6, 6.07) is 8.66. The lowest BCUT2D eigenvalue weighted by Crippen LogP contribution is -2.30. The van der Waals surface area contributed by atoms with E-state index < -0.39 is 18.4 Å².